The van der Waals surface area contributed by atoms with Crippen molar-refractivity contribution in [2.45, 2.75) is 30.7 Å². The van der Waals surface area contributed by atoms with E-state index in [9.17, 15) is 4.79 Å². The molecule has 0 radical (unpaired) electrons. The summed E-state index contributed by atoms with van der Waals surface area (Å²) >= 11 is 1.43. The van der Waals surface area contributed by atoms with E-state index in [0.29, 0.717) is 18.3 Å². The molecule has 1 aliphatic heterocycles. The Labute approximate surface area is 152 Å². The first kappa shape index (κ1) is 17.4. The molecule has 0 saturated carbocycles. The van der Waals surface area contributed by atoms with Crippen LogP contribution in [0.1, 0.15) is 18.9 Å². The lowest BCUT2D eigenvalue weighted by atomic mass is 9.96. The zero-order valence-electron chi connectivity index (χ0n) is 14.2. The number of benzene rings is 2. The van der Waals surface area contributed by atoms with Crippen molar-refractivity contribution in [2.75, 3.05) is 22.5 Å². The van der Waals surface area contributed by atoms with Crippen LogP contribution in [0.4, 0.5) is 11.4 Å². The Morgan fingerprint density at radius 2 is 2.04 bits per heavy atom. The molecule has 0 aliphatic carbocycles. The molecule has 1 amide bonds. The van der Waals surface area contributed by atoms with Gasteiger partial charge in [-0.15, -0.1) is 11.8 Å². The van der Waals surface area contributed by atoms with Gasteiger partial charge in [-0.05, 0) is 43.5 Å². The van der Waals surface area contributed by atoms with E-state index in [-0.39, 0.29) is 5.91 Å². The zero-order valence-corrected chi connectivity index (χ0v) is 15.1. The molecule has 0 saturated heterocycles. The number of nitrogens with one attached hydrogen (secondary N) is 1. The summed E-state index contributed by atoms with van der Waals surface area (Å²) in [6.45, 7) is 2.50. The van der Waals surface area contributed by atoms with Gasteiger partial charge in [-0.3, -0.25) is 4.79 Å². The highest BCUT2D eigenvalue weighted by molar-refractivity contribution is 7.99. The first-order valence-electron chi connectivity index (χ1n) is 8.42. The molecular formula is C20H21N3OS. The molecule has 128 valence electrons. The second-order valence-corrected chi connectivity index (χ2v) is 7.15. The number of anilines is 2. The van der Waals surface area contributed by atoms with Crippen molar-refractivity contribution >= 4 is 29.0 Å². The van der Waals surface area contributed by atoms with E-state index in [1.165, 1.54) is 17.3 Å². The van der Waals surface area contributed by atoms with Gasteiger partial charge < -0.3 is 10.2 Å². The van der Waals surface area contributed by atoms with E-state index in [4.69, 9.17) is 5.26 Å². The normalized spacial score (nSPS) is 16.0. The number of hydrogen-bond donors (Lipinski definition) is 1. The monoisotopic (exact) mass is 351 g/mol. The van der Waals surface area contributed by atoms with Gasteiger partial charge in [0.1, 0.15) is 0 Å². The Morgan fingerprint density at radius 3 is 2.88 bits per heavy atom. The SMILES string of the molecule is C[C@H]1CCc2ccccc2N1CC(=O)Nc1ccccc1SCC#N. The van der Waals surface area contributed by atoms with Crippen LogP contribution in [0, 0.1) is 11.3 Å². The van der Waals surface area contributed by atoms with Gasteiger partial charge in [-0.2, -0.15) is 5.26 Å². The summed E-state index contributed by atoms with van der Waals surface area (Å²) < 4.78 is 0. The standard InChI is InChI=1S/C20H21N3OS/c1-15-10-11-16-6-2-4-8-18(16)23(15)14-20(24)22-17-7-3-5-9-19(17)25-13-12-21/h2-9,15H,10-11,13-14H2,1H3,(H,22,24)/t15-/m0/s1. The van der Waals surface area contributed by atoms with Gasteiger partial charge in [0.25, 0.3) is 0 Å². The maximum Gasteiger partial charge on any atom is 0.243 e. The second-order valence-electron chi connectivity index (χ2n) is 6.14. The molecule has 2 aromatic rings. The highest BCUT2D eigenvalue weighted by atomic mass is 32.2. The molecule has 1 N–H and O–H groups in total. The Morgan fingerprint density at radius 1 is 1.28 bits per heavy atom. The van der Waals surface area contributed by atoms with Gasteiger partial charge in [0, 0.05) is 16.6 Å². The Balaban J connectivity index is 1.72. The zero-order chi connectivity index (χ0) is 17.6. The summed E-state index contributed by atoms with van der Waals surface area (Å²) in [6, 6.07) is 18.4. The van der Waals surface area contributed by atoms with Crippen molar-refractivity contribution in [3.05, 3.63) is 54.1 Å². The third-order valence-corrected chi connectivity index (χ3v) is 5.37. The lowest BCUT2D eigenvalue weighted by Crippen LogP contribution is -2.42. The molecule has 0 spiro atoms. The van der Waals surface area contributed by atoms with E-state index in [2.05, 4.69) is 41.4 Å². The summed E-state index contributed by atoms with van der Waals surface area (Å²) in [5.41, 5.74) is 3.23. The third-order valence-electron chi connectivity index (χ3n) is 4.43. The Bertz CT molecular complexity index is 800. The topological polar surface area (TPSA) is 56.1 Å². The minimum atomic E-state index is -0.0337. The van der Waals surface area contributed by atoms with Crippen LogP contribution in [0.5, 0.6) is 0 Å². The summed E-state index contributed by atoms with van der Waals surface area (Å²) in [6.07, 6.45) is 2.11. The van der Waals surface area contributed by atoms with Crippen molar-refractivity contribution in [3.63, 3.8) is 0 Å². The molecule has 25 heavy (non-hydrogen) atoms. The number of para-hydroxylation sites is 2. The fraction of sp³-hybridized carbons (Fsp3) is 0.300. The Kier molecular flexibility index (Phi) is 5.62. The van der Waals surface area contributed by atoms with Crippen LogP contribution in [0.2, 0.25) is 0 Å². The quantitative estimate of drug-likeness (QED) is 0.825. The molecule has 0 unspecified atom stereocenters. The molecule has 1 heterocycles. The molecule has 0 fully saturated rings. The predicted octanol–water partition coefficient (Wildman–Crippen LogP) is 4.08. The Hall–Kier alpha value is -2.45. The smallest absolute Gasteiger partial charge is 0.243 e. The highest BCUT2D eigenvalue weighted by Crippen LogP contribution is 2.31. The highest BCUT2D eigenvalue weighted by Gasteiger charge is 2.24. The molecule has 4 nitrogen and oxygen atoms in total. The van der Waals surface area contributed by atoms with E-state index < -0.39 is 0 Å². The average Bonchev–Trinajstić information content (AvgIpc) is 2.63. The van der Waals surface area contributed by atoms with Gasteiger partial charge in [-0.25, -0.2) is 0 Å². The summed E-state index contributed by atoms with van der Waals surface area (Å²) in [5.74, 6) is 0.331. The third kappa shape index (κ3) is 4.15. The van der Waals surface area contributed by atoms with Crippen molar-refractivity contribution < 1.29 is 4.79 Å². The van der Waals surface area contributed by atoms with E-state index in [0.717, 1.165) is 29.1 Å². The predicted molar refractivity (Wildman–Crippen MR) is 103 cm³/mol. The first-order valence-corrected chi connectivity index (χ1v) is 9.41. The van der Waals surface area contributed by atoms with E-state index in [1.54, 1.807) is 0 Å². The minimum Gasteiger partial charge on any atom is -0.359 e. The fourth-order valence-electron chi connectivity index (χ4n) is 3.15. The molecule has 1 atom stereocenters. The number of fused-ring (bicyclic) bond motifs is 1. The lowest BCUT2D eigenvalue weighted by molar-refractivity contribution is -0.115. The first-order chi connectivity index (χ1) is 12.2. The summed E-state index contributed by atoms with van der Waals surface area (Å²) in [7, 11) is 0. The van der Waals surface area contributed by atoms with Crippen LogP contribution in [-0.2, 0) is 11.2 Å². The molecule has 2 aromatic carbocycles. The van der Waals surface area contributed by atoms with Crippen LogP contribution in [0.15, 0.2) is 53.4 Å². The average molecular weight is 351 g/mol. The molecule has 0 aromatic heterocycles. The largest absolute Gasteiger partial charge is 0.359 e. The second kappa shape index (κ2) is 8.09. The molecule has 0 bridgehead atoms. The van der Waals surface area contributed by atoms with Gasteiger partial charge in [0.2, 0.25) is 5.91 Å². The number of rotatable bonds is 5. The van der Waals surface area contributed by atoms with Gasteiger partial charge >= 0.3 is 0 Å². The maximum absolute atomic E-state index is 12.6. The van der Waals surface area contributed by atoms with E-state index in [1.807, 2.05) is 30.3 Å². The number of amides is 1. The fourth-order valence-corrected chi connectivity index (χ4v) is 3.82. The summed E-state index contributed by atoms with van der Waals surface area (Å²) in [4.78, 5) is 15.7. The van der Waals surface area contributed by atoms with Crippen molar-refractivity contribution in [2.24, 2.45) is 0 Å². The number of nitrogens with zero attached hydrogens (tertiary/aromatic N) is 2. The van der Waals surface area contributed by atoms with Gasteiger partial charge in [0.15, 0.2) is 0 Å². The maximum atomic E-state index is 12.6. The number of hydrogen-bond acceptors (Lipinski definition) is 4. The van der Waals surface area contributed by atoms with Crippen LogP contribution < -0.4 is 10.2 Å². The number of carbonyl (C=O) groups is 1. The number of thioether (sulfide) groups is 1. The van der Waals surface area contributed by atoms with Gasteiger partial charge in [0.05, 0.1) is 24.1 Å². The lowest BCUT2D eigenvalue weighted by Gasteiger charge is -2.36. The van der Waals surface area contributed by atoms with E-state index >= 15 is 0 Å². The van der Waals surface area contributed by atoms with Crippen molar-refractivity contribution in [3.8, 4) is 6.07 Å². The molecule has 5 heteroatoms. The molecular weight excluding hydrogens is 330 g/mol. The van der Waals surface area contributed by atoms with Crippen LogP contribution in [0.25, 0.3) is 0 Å². The van der Waals surface area contributed by atoms with Crippen molar-refractivity contribution in [1.82, 2.24) is 0 Å². The van der Waals surface area contributed by atoms with Crippen LogP contribution in [0.3, 0.4) is 0 Å². The van der Waals surface area contributed by atoms with Crippen molar-refractivity contribution in [1.29, 1.82) is 5.26 Å². The van der Waals surface area contributed by atoms with Crippen LogP contribution >= 0.6 is 11.8 Å². The molecule has 3 rings (SSSR count). The van der Waals surface area contributed by atoms with Gasteiger partial charge in [-0.1, -0.05) is 30.3 Å². The number of carbonyl (C=O) groups excluding carboxylic acids is 1. The number of aryl methyl sites for hydroxylation is 1. The van der Waals surface area contributed by atoms with Crippen LogP contribution in [-0.4, -0.2) is 24.2 Å². The summed E-state index contributed by atoms with van der Waals surface area (Å²) in [5, 5.41) is 11.8. The number of nitriles is 1. The minimum absolute atomic E-state index is 0.0337. The molecule has 1 aliphatic rings.